The Kier molecular flexibility index (Phi) is 3.62. The van der Waals surface area contributed by atoms with Gasteiger partial charge in [-0.2, -0.15) is 0 Å². The van der Waals surface area contributed by atoms with E-state index in [1.54, 1.807) is 11.8 Å². The van der Waals surface area contributed by atoms with Crippen molar-refractivity contribution < 1.29 is 5.11 Å². The summed E-state index contributed by atoms with van der Waals surface area (Å²) >= 11 is 0. The van der Waals surface area contributed by atoms with E-state index in [2.05, 4.69) is 29.8 Å². The van der Waals surface area contributed by atoms with Crippen LogP contribution < -0.4 is 0 Å². The van der Waals surface area contributed by atoms with Crippen LogP contribution >= 0.6 is 0 Å². The van der Waals surface area contributed by atoms with Crippen molar-refractivity contribution in [1.29, 1.82) is 0 Å². The van der Waals surface area contributed by atoms with Gasteiger partial charge in [0, 0.05) is 37.6 Å². The molecule has 0 amide bonds. The molecule has 1 N–H and O–H groups in total. The minimum absolute atomic E-state index is 0.510. The summed E-state index contributed by atoms with van der Waals surface area (Å²) in [5, 5.41) is 10.9. The predicted octanol–water partition coefficient (Wildman–Crippen LogP) is 3.36. The highest BCUT2D eigenvalue weighted by Crippen LogP contribution is 2.59. The van der Waals surface area contributed by atoms with Crippen LogP contribution in [0.2, 0.25) is 0 Å². The molecular weight excluding hydrogens is 284 g/mol. The molecule has 0 aromatic carbocycles. The number of hydrogen-bond acceptors (Lipinski definition) is 3. The van der Waals surface area contributed by atoms with E-state index in [1.807, 2.05) is 18.3 Å². The van der Waals surface area contributed by atoms with Gasteiger partial charge < -0.3 is 5.11 Å². The van der Waals surface area contributed by atoms with E-state index < -0.39 is 5.60 Å². The highest BCUT2D eigenvalue weighted by atomic mass is 16.3. The van der Waals surface area contributed by atoms with E-state index in [9.17, 15) is 5.11 Å². The summed E-state index contributed by atoms with van der Waals surface area (Å²) in [5.41, 5.74) is 2.45. The second-order valence-electron chi connectivity index (χ2n) is 8.37. The van der Waals surface area contributed by atoms with Crippen LogP contribution in [0.4, 0.5) is 0 Å². The zero-order valence-corrected chi connectivity index (χ0v) is 14.3. The number of fused-ring (bicyclic) bond motifs is 1. The maximum atomic E-state index is 10.9. The molecule has 124 valence electrons. The van der Waals surface area contributed by atoms with Crippen LogP contribution in [0.15, 0.2) is 36.2 Å². The van der Waals surface area contributed by atoms with Gasteiger partial charge in [0.05, 0.1) is 5.60 Å². The van der Waals surface area contributed by atoms with Gasteiger partial charge in [-0.1, -0.05) is 31.6 Å². The molecule has 0 unspecified atom stereocenters. The number of nitrogens with zero attached hydrogens (tertiary/aromatic N) is 2. The molecule has 3 nitrogen and oxygen atoms in total. The summed E-state index contributed by atoms with van der Waals surface area (Å²) in [6.45, 7) is 7.93. The van der Waals surface area contributed by atoms with E-state index in [4.69, 9.17) is 0 Å². The topological polar surface area (TPSA) is 36.4 Å². The molecule has 1 saturated heterocycles. The number of allylic oxidation sites excluding steroid dienone is 1. The van der Waals surface area contributed by atoms with Gasteiger partial charge in [0.15, 0.2) is 0 Å². The first kappa shape index (κ1) is 15.3. The quantitative estimate of drug-likeness (QED) is 0.870. The van der Waals surface area contributed by atoms with Crippen molar-refractivity contribution in [3.05, 3.63) is 41.7 Å². The number of likely N-dealkylation sites (tertiary alicyclic amines) is 1. The van der Waals surface area contributed by atoms with Crippen molar-refractivity contribution >= 4 is 0 Å². The molecule has 1 saturated carbocycles. The number of pyridine rings is 1. The third-order valence-corrected chi connectivity index (χ3v) is 6.87. The summed E-state index contributed by atoms with van der Waals surface area (Å²) in [6, 6.07) is 3.92. The fraction of sp³-hybridized carbons (Fsp3) is 0.650. The number of piperidine rings is 1. The Balaban J connectivity index is 1.38. The molecule has 23 heavy (non-hydrogen) atoms. The Labute approximate surface area is 139 Å². The molecule has 4 aliphatic rings. The molecule has 2 atom stereocenters. The lowest BCUT2D eigenvalue weighted by molar-refractivity contribution is -0.0337. The number of aliphatic hydroxyl groups is 1. The Bertz CT molecular complexity index is 599. The van der Waals surface area contributed by atoms with Crippen molar-refractivity contribution in [3.8, 4) is 0 Å². The standard InChI is InChI=1S/C20H28N2O/c1-19(2)16-6-5-15(18(19)12-16)14-22-10-7-20(23,8-11-22)17-4-3-9-21-13-17/h3-5,9,13,16,18,23H,6-8,10-12,14H2,1-2H3/t16-,18-/m0/s1. The summed E-state index contributed by atoms with van der Waals surface area (Å²) in [6.07, 6.45) is 10.4. The highest BCUT2D eigenvalue weighted by molar-refractivity contribution is 5.25. The van der Waals surface area contributed by atoms with Gasteiger partial charge in [0.2, 0.25) is 0 Å². The van der Waals surface area contributed by atoms with Crippen LogP contribution in [0.5, 0.6) is 0 Å². The largest absolute Gasteiger partial charge is 0.385 e. The molecule has 5 rings (SSSR count). The molecule has 0 radical (unpaired) electrons. The summed E-state index contributed by atoms with van der Waals surface area (Å²) in [7, 11) is 0. The molecule has 2 heterocycles. The Morgan fingerprint density at radius 1 is 1.30 bits per heavy atom. The molecule has 2 bridgehead atoms. The van der Waals surface area contributed by atoms with Crippen LogP contribution in [0.25, 0.3) is 0 Å². The van der Waals surface area contributed by atoms with Crippen molar-refractivity contribution in [2.24, 2.45) is 17.3 Å². The summed E-state index contributed by atoms with van der Waals surface area (Å²) < 4.78 is 0. The molecule has 3 heteroatoms. The first-order chi connectivity index (χ1) is 11.0. The van der Waals surface area contributed by atoms with Crippen molar-refractivity contribution in [2.75, 3.05) is 19.6 Å². The first-order valence-corrected chi connectivity index (χ1v) is 9.03. The monoisotopic (exact) mass is 312 g/mol. The van der Waals surface area contributed by atoms with Gasteiger partial charge >= 0.3 is 0 Å². The zero-order valence-electron chi connectivity index (χ0n) is 14.3. The Morgan fingerprint density at radius 3 is 2.70 bits per heavy atom. The molecule has 1 aliphatic heterocycles. The Hall–Kier alpha value is -1.19. The molecule has 3 aliphatic carbocycles. The lowest BCUT2D eigenvalue weighted by Crippen LogP contribution is -2.51. The van der Waals surface area contributed by atoms with Crippen LogP contribution in [-0.4, -0.2) is 34.6 Å². The lowest BCUT2D eigenvalue weighted by Gasteiger charge is -2.57. The van der Waals surface area contributed by atoms with Crippen LogP contribution in [-0.2, 0) is 5.60 Å². The molecule has 1 aromatic heterocycles. The van der Waals surface area contributed by atoms with Crippen LogP contribution in [0.1, 0.15) is 45.1 Å². The van der Waals surface area contributed by atoms with Gasteiger partial charge in [-0.05, 0) is 49.0 Å². The minimum atomic E-state index is -0.688. The van der Waals surface area contributed by atoms with E-state index >= 15 is 0 Å². The number of hydrogen-bond donors (Lipinski definition) is 1. The van der Waals surface area contributed by atoms with Gasteiger partial charge in [0.1, 0.15) is 0 Å². The maximum absolute atomic E-state index is 10.9. The average molecular weight is 312 g/mol. The van der Waals surface area contributed by atoms with E-state index in [-0.39, 0.29) is 0 Å². The SMILES string of the molecule is CC1(C)[C@H]2CC=C(CN3CCC(O)(c4cccnc4)CC3)[C@@H]1C2. The van der Waals surface area contributed by atoms with E-state index in [0.717, 1.165) is 49.9 Å². The van der Waals surface area contributed by atoms with E-state index in [0.29, 0.717) is 5.41 Å². The molecule has 0 spiro atoms. The van der Waals surface area contributed by atoms with Crippen LogP contribution in [0.3, 0.4) is 0 Å². The van der Waals surface area contributed by atoms with E-state index in [1.165, 1.54) is 12.8 Å². The molecular formula is C20H28N2O. The Morgan fingerprint density at radius 2 is 2.09 bits per heavy atom. The second-order valence-corrected chi connectivity index (χ2v) is 8.37. The fourth-order valence-corrected chi connectivity index (χ4v) is 4.92. The van der Waals surface area contributed by atoms with Gasteiger partial charge in [-0.3, -0.25) is 9.88 Å². The smallest absolute Gasteiger partial charge is 0.0935 e. The predicted molar refractivity (Wildman–Crippen MR) is 91.9 cm³/mol. The first-order valence-electron chi connectivity index (χ1n) is 9.03. The lowest BCUT2D eigenvalue weighted by atomic mass is 9.49. The average Bonchev–Trinajstić information content (AvgIpc) is 2.58. The normalized spacial score (nSPS) is 32.0. The summed E-state index contributed by atoms with van der Waals surface area (Å²) in [5.74, 6) is 1.70. The van der Waals surface area contributed by atoms with Gasteiger partial charge in [-0.15, -0.1) is 0 Å². The second kappa shape index (κ2) is 5.42. The third-order valence-electron chi connectivity index (χ3n) is 6.87. The highest BCUT2D eigenvalue weighted by Gasteiger charge is 2.51. The summed E-state index contributed by atoms with van der Waals surface area (Å²) in [4.78, 5) is 6.70. The van der Waals surface area contributed by atoms with Gasteiger partial charge in [-0.25, -0.2) is 0 Å². The molecule has 1 aromatic rings. The third kappa shape index (κ3) is 2.54. The van der Waals surface area contributed by atoms with Crippen molar-refractivity contribution in [1.82, 2.24) is 9.88 Å². The number of rotatable bonds is 3. The van der Waals surface area contributed by atoms with Gasteiger partial charge in [0.25, 0.3) is 0 Å². The zero-order chi connectivity index (χ0) is 16.1. The van der Waals surface area contributed by atoms with Crippen molar-refractivity contribution in [2.45, 2.75) is 45.1 Å². The maximum Gasteiger partial charge on any atom is 0.0935 e. The van der Waals surface area contributed by atoms with Crippen LogP contribution in [0, 0.1) is 17.3 Å². The number of aromatic nitrogens is 1. The fourth-order valence-electron chi connectivity index (χ4n) is 4.92. The minimum Gasteiger partial charge on any atom is -0.385 e. The van der Waals surface area contributed by atoms with Crippen molar-refractivity contribution in [3.63, 3.8) is 0 Å². The molecule has 2 fully saturated rings.